The van der Waals surface area contributed by atoms with Crippen LogP contribution in [0.5, 0.6) is 0 Å². The van der Waals surface area contributed by atoms with Crippen LogP contribution in [-0.4, -0.2) is 29.6 Å². The van der Waals surface area contributed by atoms with Gasteiger partial charge in [0.25, 0.3) is 0 Å². The number of hydrogen-bond acceptors (Lipinski definition) is 1. The molecule has 2 nitrogen and oxygen atoms in total. The second-order valence-corrected chi connectivity index (χ2v) is 5.31. The Labute approximate surface area is 115 Å². The fraction of sp³-hybridized carbons (Fsp3) is 0.533. The van der Waals surface area contributed by atoms with E-state index in [2.05, 4.69) is 47.5 Å². The highest BCUT2D eigenvalue weighted by atomic mass is 32.1. The molecule has 2 rings (SSSR count). The Bertz CT molecular complexity index is 377. The highest BCUT2D eigenvalue weighted by Crippen LogP contribution is 2.26. The average Bonchev–Trinajstić information content (AvgIpc) is 2.89. The summed E-state index contributed by atoms with van der Waals surface area (Å²) in [5.74, 6) is 0.636. The van der Waals surface area contributed by atoms with Crippen LogP contribution in [0.1, 0.15) is 37.7 Å². The first-order valence-corrected chi connectivity index (χ1v) is 7.29. The van der Waals surface area contributed by atoms with Crippen molar-refractivity contribution >= 4 is 17.3 Å². The summed E-state index contributed by atoms with van der Waals surface area (Å²) in [4.78, 5) is 2.31. The van der Waals surface area contributed by atoms with E-state index in [4.69, 9.17) is 12.2 Å². The summed E-state index contributed by atoms with van der Waals surface area (Å²) in [5, 5.41) is 4.29. The summed E-state index contributed by atoms with van der Waals surface area (Å²) in [6.45, 7) is 5.34. The van der Waals surface area contributed by atoms with E-state index in [9.17, 15) is 0 Å². The first-order chi connectivity index (χ1) is 8.81. The maximum atomic E-state index is 5.44. The fourth-order valence-electron chi connectivity index (χ4n) is 2.43. The minimum absolute atomic E-state index is 0.636. The molecule has 98 valence electrons. The van der Waals surface area contributed by atoms with E-state index < -0.39 is 0 Å². The van der Waals surface area contributed by atoms with Gasteiger partial charge in [-0.05, 0) is 30.6 Å². The number of unbranched alkanes of at least 4 members (excludes halogenated alkanes) is 1. The molecule has 1 heterocycles. The van der Waals surface area contributed by atoms with Gasteiger partial charge >= 0.3 is 0 Å². The quantitative estimate of drug-likeness (QED) is 0.663. The number of thiocarbonyl (C=S) groups is 1. The molecule has 1 aliphatic heterocycles. The third kappa shape index (κ3) is 3.45. The van der Waals surface area contributed by atoms with Gasteiger partial charge in [-0.3, -0.25) is 0 Å². The van der Waals surface area contributed by atoms with Gasteiger partial charge in [0, 0.05) is 25.6 Å². The smallest absolute Gasteiger partial charge is 0.168 e. The van der Waals surface area contributed by atoms with Crippen LogP contribution in [-0.2, 0) is 0 Å². The standard InChI is InChI=1S/C15H22N2S/c1-2-3-10-16-15(18)17-11-9-14(12-17)13-7-5-4-6-8-13/h4-8,14H,2-3,9-12H2,1H3,(H,16,18). The Kier molecular flexibility index (Phi) is 5.00. The van der Waals surface area contributed by atoms with Crippen molar-refractivity contribution in [3.8, 4) is 0 Å². The van der Waals surface area contributed by atoms with Gasteiger partial charge in [0.1, 0.15) is 0 Å². The second kappa shape index (κ2) is 6.74. The van der Waals surface area contributed by atoms with Crippen LogP contribution in [0.4, 0.5) is 0 Å². The molecule has 1 fully saturated rings. The highest BCUT2D eigenvalue weighted by Gasteiger charge is 2.24. The first-order valence-electron chi connectivity index (χ1n) is 6.89. The molecule has 1 unspecified atom stereocenters. The molecule has 0 aromatic heterocycles. The van der Waals surface area contributed by atoms with E-state index in [-0.39, 0.29) is 0 Å². The number of nitrogens with one attached hydrogen (secondary N) is 1. The van der Waals surface area contributed by atoms with Crippen LogP contribution in [0.15, 0.2) is 30.3 Å². The molecule has 0 spiro atoms. The molecular weight excluding hydrogens is 240 g/mol. The molecule has 1 aromatic carbocycles. The SMILES string of the molecule is CCCCNC(=S)N1CCC(c2ccccc2)C1. The topological polar surface area (TPSA) is 15.3 Å². The van der Waals surface area contributed by atoms with Gasteiger partial charge in [-0.15, -0.1) is 0 Å². The lowest BCUT2D eigenvalue weighted by molar-refractivity contribution is 0.497. The molecule has 1 N–H and O–H groups in total. The summed E-state index contributed by atoms with van der Waals surface area (Å²) in [7, 11) is 0. The van der Waals surface area contributed by atoms with Crippen LogP contribution in [0.3, 0.4) is 0 Å². The molecule has 18 heavy (non-hydrogen) atoms. The lowest BCUT2D eigenvalue weighted by Crippen LogP contribution is -2.38. The minimum atomic E-state index is 0.636. The van der Waals surface area contributed by atoms with Crippen molar-refractivity contribution in [3.63, 3.8) is 0 Å². The molecule has 1 aromatic rings. The average molecular weight is 262 g/mol. The number of nitrogens with zero attached hydrogens (tertiary/aromatic N) is 1. The molecule has 1 atom stereocenters. The van der Waals surface area contributed by atoms with E-state index in [1.54, 1.807) is 0 Å². The van der Waals surface area contributed by atoms with E-state index in [0.29, 0.717) is 5.92 Å². The molecule has 3 heteroatoms. The largest absolute Gasteiger partial charge is 0.363 e. The van der Waals surface area contributed by atoms with E-state index in [1.165, 1.54) is 24.8 Å². The van der Waals surface area contributed by atoms with Crippen LogP contribution in [0.2, 0.25) is 0 Å². The van der Waals surface area contributed by atoms with E-state index in [0.717, 1.165) is 24.7 Å². The molecule has 1 saturated heterocycles. The number of benzene rings is 1. The van der Waals surface area contributed by atoms with Gasteiger partial charge in [-0.2, -0.15) is 0 Å². The Morgan fingerprint density at radius 3 is 2.89 bits per heavy atom. The van der Waals surface area contributed by atoms with Crippen LogP contribution < -0.4 is 5.32 Å². The van der Waals surface area contributed by atoms with Crippen molar-refractivity contribution in [2.24, 2.45) is 0 Å². The zero-order valence-corrected chi connectivity index (χ0v) is 11.9. The molecule has 0 saturated carbocycles. The second-order valence-electron chi connectivity index (χ2n) is 4.93. The van der Waals surface area contributed by atoms with Gasteiger partial charge in [-0.1, -0.05) is 43.7 Å². The maximum absolute atomic E-state index is 5.44. The zero-order valence-electron chi connectivity index (χ0n) is 11.1. The summed E-state index contributed by atoms with van der Waals surface area (Å²) in [6, 6.07) is 10.8. The van der Waals surface area contributed by atoms with Crippen LogP contribution >= 0.6 is 12.2 Å². The maximum Gasteiger partial charge on any atom is 0.168 e. The van der Waals surface area contributed by atoms with Crippen molar-refractivity contribution in [3.05, 3.63) is 35.9 Å². The van der Waals surface area contributed by atoms with Gasteiger partial charge in [0.05, 0.1) is 0 Å². The summed E-state index contributed by atoms with van der Waals surface area (Å²) >= 11 is 5.44. The Balaban J connectivity index is 1.83. The van der Waals surface area contributed by atoms with Crippen molar-refractivity contribution in [1.29, 1.82) is 0 Å². The Hall–Kier alpha value is -1.09. The van der Waals surface area contributed by atoms with Gasteiger partial charge in [0.15, 0.2) is 5.11 Å². The van der Waals surface area contributed by atoms with Crippen LogP contribution in [0.25, 0.3) is 0 Å². The van der Waals surface area contributed by atoms with Crippen molar-refractivity contribution in [1.82, 2.24) is 10.2 Å². The van der Waals surface area contributed by atoms with Gasteiger partial charge in [0.2, 0.25) is 0 Å². The number of likely N-dealkylation sites (tertiary alicyclic amines) is 1. The minimum Gasteiger partial charge on any atom is -0.363 e. The van der Waals surface area contributed by atoms with Crippen molar-refractivity contribution in [2.45, 2.75) is 32.1 Å². The molecule has 0 radical (unpaired) electrons. The lowest BCUT2D eigenvalue weighted by Gasteiger charge is -2.20. The molecule has 0 amide bonds. The number of hydrogen-bond donors (Lipinski definition) is 1. The van der Waals surface area contributed by atoms with Gasteiger partial charge < -0.3 is 10.2 Å². The first kappa shape index (κ1) is 13.3. The molecular formula is C15H22N2S. The Morgan fingerprint density at radius 2 is 2.17 bits per heavy atom. The van der Waals surface area contributed by atoms with Crippen molar-refractivity contribution in [2.75, 3.05) is 19.6 Å². The molecule has 0 bridgehead atoms. The molecule has 0 aliphatic carbocycles. The number of rotatable bonds is 4. The van der Waals surface area contributed by atoms with E-state index in [1.807, 2.05) is 0 Å². The van der Waals surface area contributed by atoms with Gasteiger partial charge in [-0.25, -0.2) is 0 Å². The normalized spacial score (nSPS) is 18.9. The third-order valence-corrected chi connectivity index (χ3v) is 3.96. The summed E-state index contributed by atoms with van der Waals surface area (Å²) < 4.78 is 0. The Morgan fingerprint density at radius 1 is 1.39 bits per heavy atom. The lowest BCUT2D eigenvalue weighted by atomic mass is 9.99. The summed E-state index contributed by atoms with van der Waals surface area (Å²) in [6.07, 6.45) is 3.61. The fourth-order valence-corrected chi connectivity index (χ4v) is 2.69. The van der Waals surface area contributed by atoms with Crippen LogP contribution in [0, 0.1) is 0 Å². The highest BCUT2D eigenvalue weighted by molar-refractivity contribution is 7.80. The monoisotopic (exact) mass is 262 g/mol. The van der Waals surface area contributed by atoms with Crippen molar-refractivity contribution < 1.29 is 0 Å². The zero-order chi connectivity index (χ0) is 12.8. The van der Waals surface area contributed by atoms with E-state index >= 15 is 0 Å². The molecule has 1 aliphatic rings. The predicted molar refractivity (Wildman–Crippen MR) is 80.9 cm³/mol. The summed E-state index contributed by atoms with van der Waals surface area (Å²) in [5.41, 5.74) is 1.44. The third-order valence-electron chi connectivity index (χ3n) is 3.55. The predicted octanol–water partition coefficient (Wildman–Crippen LogP) is 3.15.